The first-order chi connectivity index (χ1) is 12.1. The van der Waals surface area contributed by atoms with E-state index < -0.39 is 0 Å². The minimum absolute atomic E-state index is 0.0484. The summed E-state index contributed by atoms with van der Waals surface area (Å²) >= 11 is 1.72. The Morgan fingerprint density at radius 2 is 2.20 bits per heavy atom. The first-order valence-electron chi connectivity index (χ1n) is 8.76. The Morgan fingerprint density at radius 3 is 2.92 bits per heavy atom. The molecule has 1 N–H and O–H groups in total. The van der Waals surface area contributed by atoms with Gasteiger partial charge in [-0.1, -0.05) is 30.3 Å². The number of carbonyl (C=O) groups excluding carboxylic acids is 1. The second-order valence-electron chi connectivity index (χ2n) is 6.80. The molecule has 3 rings (SSSR count). The molecule has 25 heavy (non-hydrogen) atoms. The van der Waals surface area contributed by atoms with Crippen molar-refractivity contribution < 1.29 is 4.79 Å². The van der Waals surface area contributed by atoms with Gasteiger partial charge in [-0.05, 0) is 31.9 Å². The van der Waals surface area contributed by atoms with Crippen LogP contribution in [-0.4, -0.2) is 47.5 Å². The van der Waals surface area contributed by atoms with E-state index in [1.165, 1.54) is 4.88 Å². The van der Waals surface area contributed by atoms with Crippen LogP contribution in [0.5, 0.6) is 0 Å². The van der Waals surface area contributed by atoms with Gasteiger partial charge in [0.25, 0.3) is 0 Å². The maximum absolute atomic E-state index is 12.3. The third-order valence-corrected chi connectivity index (χ3v) is 5.61. The Hall–Kier alpha value is -1.92. The smallest absolute Gasteiger partial charge is 0.317 e. The minimum Gasteiger partial charge on any atom is -0.334 e. The molecule has 1 saturated heterocycles. The predicted molar refractivity (Wildman–Crippen MR) is 102 cm³/mol. The van der Waals surface area contributed by atoms with Gasteiger partial charge in [0.05, 0.1) is 11.2 Å². The molecule has 1 atom stereocenters. The zero-order valence-corrected chi connectivity index (χ0v) is 15.8. The number of nitrogens with zero attached hydrogens (tertiary/aromatic N) is 3. The van der Waals surface area contributed by atoms with Crippen molar-refractivity contribution in [2.45, 2.75) is 26.4 Å². The van der Waals surface area contributed by atoms with Gasteiger partial charge >= 0.3 is 6.03 Å². The Kier molecular flexibility index (Phi) is 6.04. The van der Waals surface area contributed by atoms with Crippen molar-refractivity contribution in [1.82, 2.24) is 20.1 Å². The van der Waals surface area contributed by atoms with Crippen LogP contribution >= 0.6 is 11.3 Å². The number of benzene rings is 1. The topological polar surface area (TPSA) is 48.5 Å². The summed E-state index contributed by atoms with van der Waals surface area (Å²) in [6.45, 7) is 6.29. The third-order valence-electron chi connectivity index (χ3n) is 4.69. The van der Waals surface area contributed by atoms with Crippen LogP contribution in [0.15, 0.2) is 35.8 Å². The number of nitrogens with one attached hydrogen (secondary N) is 1. The molecule has 134 valence electrons. The molecular formula is C19H26N4OS. The first-order valence-corrected chi connectivity index (χ1v) is 9.64. The van der Waals surface area contributed by atoms with Gasteiger partial charge in [0.15, 0.2) is 0 Å². The van der Waals surface area contributed by atoms with Crippen LogP contribution in [0.4, 0.5) is 4.79 Å². The average molecular weight is 359 g/mol. The van der Waals surface area contributed by atoms with Gasteiger partial charge in [-0.2, -0.15) is 0 Å². The van der Waals surface area contributed by atoms with E-state index >= 15 is 0 Å². The summed E-state index contributed by atoms with van der Waals surface area (Å²) in [5.41, 5.74) is 4.17. The number of aryl methyl sites for hydroxylation is 1. The molecule has 2 aromatic rings. The van der Waals surface area contributed by atoms with Crippen molar-refractivity contribution in [3.05, 3.63) is 52.0 Å². The summed E-state index contributed by atoms with van der Waals surface area (Å²) in [5, 5.41) is 3.03. The Labute approximate surface area is 153 Å². The van der Waals surface area contributed by atoms with E-state index in [2.05, 4.69) is 29.2 Å². The van der Waals surface area contributed by atoms with Crippen LogP contribution in [0, 0.1) is 12.8 Å². The van der Waals surface area contributed by atoms with Gasteiger partial charge in [0, 0.05) is 37.6 Å². The van der Waals surface area contributed by atoms with Gasteiger partial charge in [-0.25, -0.2) is 9.78 Å². The minimum atomic E-state index is 0.0484. The molecule has 0 bridgehead atoms. The van der Waals surface area contributed by atoms with Gasteiger partial charge in [-0.3, -0.25) is 0 Å². The zero-order chi connectivity index (χ0) is 17.6. The van der Waals surface area contributed by atoms with E-state index in [4.69, 9.17) is 0 Å². The van der Waals surface area contributed by atoms with Gasteiger partial charge in [0.1, 0.15) is 0 Å². The molecule has 1 fully saturated rings. The summed E-state index contributed by atoms with van der Waals surface area (Å²) in [6, 6.07) is 10.1. The van der Waals surface area contributed by atoms with E-state index in [1.807, 2.05) is 40.7 Å². The number of amides is 2. The highest BCUT2D eigenvalue weighted by molar-refractivity contribution is 7.09. The van der Waals surface area contributed by atoms with Crippen LogP contribution < -0.4 is 5.32 Å². The van der Waals surface area contributed by atoms with Crippen LogP contribution in [0.25, 0.3) is 0 Å². The Balaban J connectivity index is 1.41. The Bertz CT molecular complexity index is 688. The normalized spacial score (nSPS) is 17.2. The lowest BCUT2D eigenvalue weighted by Crippen LogP contribution is -2.38. The summed E-state index contributed by atoms with van der Waals surface area (Å²) in [7, 11) is 2.15. The number of thiazole rings is 1. The molecule has 6 heteroatoms. The average Bonchev–Trinajstić information content (AvgIpc) is 3.23. The van der Waals surface area contributed by atoms with Crippen molar-refractivity contribution in [2.24, 2.45) is 5.92 Å². The fourth-order valence-electron chi connectivity index (χ4n) is 3.28. The van der Waals surface area contributed by atoms with Crippen LogP contribution in [0.1, 0.15) is 22.6 Å². The lowest BCUT2D eigenvalue weighted by Gasteiger charge is -2.21. The first kappa shape index (κ1) is 17.9. The second kappa shape index (κ2) is 8.45. The summed E-state index contributed by atoms with van der Waals surface area (Å²) < 4.78 is 0. The molecule has 0 aliphatic carbocycles. The number of aromatic nitrogens is 1. The van der Waals surface area contributed by atoms with Crippen molar-refractivity contribution >= 4 is 17.4 Å². The van der Waals surface area contributed by atoms with Gasteiger partial charge in [0.2, 0.25) is 0 Å². The van der Waals surface area contributed by atoms with E-state index in [9.17, 15) is 4.79 Å². The lowest BCUT2D eigenvalue weighted by molar-refractivity contribution is 0.203. The van der Waals surface area contributed by atoms with E-state index in [1.54, 1.807) is 11.3 Å². The van der Waals surface area contributed by atoms with Crippen molar-refractivity contribution in [2.75, 3.05) is 26.7 Å². The lowest BCUT2D eigenvalue weighted by atomic mass is 10.1. The third kappa shape index (κ3) is 5.03. The summed E-state index contributed by atoms with van der Waals surface area (Å²) in [6.07, 6.45) is 1.07. The summed E-state index contributed by atoms with van der Waals surface area (Å²) in [4.78, 5) is 22.3. The van der Waals surface area contributed by atoms with Crippen molar-refractivity contribution in [3.63, 3.8) is 0 Å². The molecule has 0 radical (unpaired) electrons. The fraction of sp³-hybridized carbons (Fsp3) is 0.474. The molecule has 5 nitrogen and oxygen atoms in total. The zero-order valence-electron chi connectivity index (χ0n) is 14.9. The predicted octanol–water partition coefficient (Wildman–Crippen LogP) is 3.12. The molecular weight excluding hydrogens is 332 g/mol. The molecule has 1 unspecified atom stereocenters. The van der Waals surface area contributed by atoms with Crippen LogP contribution in [-0.2, 0) is 13.1 Å². The highest BCUT2D eigenvalue weighted by atomic mass is 32.1. The SMILES string of the molecule is Cc1ncsc1CN(C)CC1CCN(C(=O)NCc2ccccc2)C1. The Morgan fingerprint density at radius 1 is 1.40 bits per heavy atom. The molecule has 1 aromatic heterocycles. The maximum Gasteiger partial charge on any atom is 0.317 e. The van der Waals surface area contributed by atoms with E-state index in [0.29, 0.717) is 12.5 Å². The number of hydrogen-bond acceptors (Lipinski definition) is 4. The molecule has 1 aliphatic heterocycles. The van der Waals surface area contributed by atoms with E-state index in [-0.39, 0.29) is 6.03 Å². The van der Waals surface area contributed by atoms with Gasteiger partial charge in [-0.15, -0.1) is 11.3 Å². The second-order valence-corrected chi connectivity index (χ2v) is 7.74. The number of rotatable bonds is 6. The number of hydrogen-bond donors (Lipinski definition) is 1. The van der Waals surface area contributed by atoms with Crippen LogP contribution in [0.3, 0.4) is 0 Å². The largest absolute Gasteiger partial charge is 0.334 e. The summed E-state index contributed by atoms with van der Waals surface area (Å²) in [5.74, 6) is 0.542. The van der Waals surface area contributed by atoms with Crippen molar-refractivity contribution in [3.8, 4) is 0 Å². The number of carbonyl (C=O) groups is 1. The molecule has 1 aliphatic rings. The monoisotopic (exact) mass is 358 g/mol. The molecule has 0 saturated carbocycles. The molecule has 2 amide bonds. The van der Waals surface area contributed by atoms with Crippen LogP contribution in [0.2, 0.25) is 0 Å². The standard InChI is InChI=1S/C19H26N4OS/c1-15-18(25-14-21-15)13-22(2)11-17-8-9-23(12-17)19(24)20-10-16-6-4-3-5-7-16/h3-7,14,17H,8-13H2,1-2H3,(H,20,24). The number of urea groups is 1. The number of likely N-dealkylation sites (tertiary alicyclic amines) is 1. The molecule has 0 spiro atoms. The van der Waals surface area contributed by atoms with Crippen molar-refractivity contribution in [1.29, 1.82) is 0 Å². The van der Waals surface area contributed by atoms with Gasteiger partial charge < -0.3 is 15.1 Å². The fourth-order valence-corrected chi connectivity index (χ4v) is 4.14. The maximum atomic E-state index is 12.3. The highest BCUT2D eigenvalue weighted by Crippen LogP contribution is 2.20. The quantitative estimate of drug-likeness (QED) is 0.863. The molecule has 2 heterocycles. The molecule has 1 aromatic carbocycles. The highest BCUT2D eigenvalue weighted by Gasteiger charge is 2.27. The van der Waals surface area contributed by atoms with E-state index in [0.717, 1.165) is 43.9 Å².